The van der Waals surface area contributed by atoms with Gasteiger partial charge in [0.2, 0.25) is 10.0 Å². The van der Waals surface area contributed by atoms with Gasteiger partial charge in [-0.15, -0.1) is 0 Å². The maximum atomic E-state index is 13.0. The highest BCUT2D eigenvalue weighted by atomic mass is 32.2. The molecule has 0 saturated heterocycles. The standard InChI is InChI=1S/C27H38N2O5S/c1-20(18-30)17-29-35(32,33)21(2)22-13-15-27(16-14-22,23-9-5-4-6-10-23)19-28-26(31)24-11-7-8-12-25(24)34-3/h4-12,20-22,29-30H,13-19H2,1-3H3,(H,28,31)/t20-,21-,22?,27?/m1/s1. The molecule has 0 bridgehead atoms. The highest BCUT2D eigenvalue weighted by molar-refractivity contribution is 7.90. The molecule has 8 heteroatoms. The van der Waals surface area contributed by atoms with Crippen molar-refractivity contribution in [2.75, 3.05) is 26.8 Å². The van der Waals surface area contributed by atoms with Crippen molar-refractivity contribution in [2.24, 2.45) is 11.8 Å². The van der Waals surface area contributed by atoms with Gasteiger partial charge in [-0.1, -0.05) is 49.4 Å². The number of para-hydroxylation sites is 1. The molecule has 1 aliphatic carbocycles. The van der Waals surface area contributed by atoms with Crippen molar-refractivity contribution < 1.29 is 23.1 Å². The molecule has 35 heavy (non-hydrogen) atoms. The van der Waals surface area contributed by atoms with Crippen molar-refractivity contribution in [2.45, 2.75) is 50.2 Å². The fourth-order valence-electron chi connectivity index (χ4n) is 4.91. The Balaban J connectivity index is 1.72. The number of aliphatic hydroxyl groups is 1. The van der Waals surface area contributed by atoms with Gasteiger partial charge in [0.15, 0.2) is 0 Å². The summed E-state index contributed by atoms with van der Waals surface area (Å²) in [7, 11) is -1.93. The second kappa shape index (κ2) is 12.0. The lowest BCUT2D eigenvalue weighted by Crippen LogP contribution is -2.46. The topological polar surface area (TPSA) is 105 Å². The first-order chi connectivity index (χ1) is 16.7. The minimum atomic E-state index is -3.48. The summed E-state index contributed by atoms with van der Waals surface area (Å²) in [5.74, 6) is 0.252. The van der Waals surface area contributed by atoms with E-state index >= 15 is 0 Å². The molecule has 192 valence electrons. The Morgan fingerprint density at radius 3 is 2.34 bits per heavy atom. The van der Waals surface area contributed by atoms with E-state index in [2.05, 4.69) is 22.2 Å². The first-order valence-corrected chi connectivity index (χ1v) is 13.8. The summed E-state index contributed by atoms with van der Waals surface area (Å²) in [4.78, 5) is 13.0. The monoisotopic (exact) mass is 502 g/mol. The van der Waals surface area contributed by atoms with Crippen LogP contribution in [0.4, 0.5) is 0 Å². The number of nitrogens with one attached hydrogen (secondary N) is 2. The average molecular weight is 503 g/mol. The van der Waals surface area contributed by atoms with Crippen LogP contribution >= 0.6 is 0 Å². The number of methoxy groups -OCH3 is 1. The van der Waals surface area contributed by atoms with E-state index in [1.54, 1.807) is 33.1 Å². The van der Waals surface area contributed by atoms with Crippen LogP contribution < -0.4 is 14.8 Å². The van der Waals surface area contributed by atoms with Crippen LogP contribution in [0.2, 0.25) is 0 Å². The molecule has 7 nitrogen and oxygen atoms in total. The van der Waals surface area contributed by atoms with E-state index in [0.29, 0.717) is 17.9 Å². The van der Waals surface area contributed by atoms with Crippen molar-refractivity contribution in [1.29, 1.82) is 0 Å². The average Bonchev–Trinajstić information content (AvgIpc) is 2.90. The zero-order valence-corrected chi connectivity index (χ0v) is 21.7. The summed E-state index contributed by atoms with van der Waals surface area (Å²) < 4.78 is 33.7. The van der Waals surface area contributed by atoms with E-state index in [1.807, 2.05) is 30.3 Å². The number of carbonyl (C=O) groups is 1. The summed E-state index contributed by atoms with van der Waals surface area (Å²) in [6.45, 7) is 4.23. The smallest absolute Gasteiger partial charge is 0.255 e. The molecule has 1 aliphatic rings. The van der Waals surface area contributed by atoms with Crippen LogP contribution in [0.15, 0.2) is 54.6 Å². The summed E-state index contributed by atoms with van der Waals surface area (Å²) in [5.41, 5.74) is 1.39. The Bertz CT molecular complexity index is 1070. The lowest BCUT2D eigenvalue weighted by molar-refractivity contribution is 0.0929. The number of carbonyl (C=O) groups excluding carboxylic acids is 1. The molecule has 0 aliphatic heterocycles. The number of amides is 1. The van der Waals surface area contributed by atoms with Crippen LogP contribution in [0, 0.1) is 11.8 Å². The molecule has 2 atom stereocenters. The van der Waals surface area contributed by atoms with Gasteiger partial charge >= 0.3 is 0 Å². The Hall–Kier alpha value is -2.42. The first-order valence-electron chi connectivity index (χ1n) is 12.3. The highest BCUT2D eigenvalue weighted by Crippen LogP contribution is 2.43. The Morgan fingerprint density at radius 1 is 1.09 bits per heavy atom. The maximum Gasteiger partial charge on any atom is 0.255 e. The van der Waals surface area contributed by atoms with Gasteiger partial charge < -0.3 is 15.2 Å². The molecule has 0 aromatic heterocycles. The van der Waals surface area contributed by atoms with Crippen molar-refractivity contribution >= 4 is 15.9 Å². The predicted octanol–water partition coefficient (Wildman–Crippen LogP) is 3.49. The molecular weight excluding hydrogens is 464 g/mol. The van der Waals surface area contributed by atoms with E-state index in [-0.39, 0.29) is 36.3 Å². The number of sulfonamides is 1. The fourth-order valence-corrected chi connectivity index (χ4v) is 6.46. The molecule has 2 aromatic carbocycles. The number of benzene rings is 2. The molecule has 0 unspecified atom stereocenters. The lowest BCUT2D eigenvalue weighted by atomic mass is 9.66. The number of rotatable bonds is 11. The van der Waals surface area contributed by atoms with Crippen molar-refractivity contribution in [1.82, 2.24) is 10.0 Å². The molecule has 0 radical (unpaired) electrons. The highest BCUT2D eigenvalue weighted by Gasteiger charge is 2.41. The van der Waals surface area contributed by atoms with Crippen molar-refractivity contribution in [3.05, 3.63) is 65.7 Å². The number of ether oxygens (including phenoxy) is 1. The van der Waals surface area contributed by atoms with E-state index < -0.39 is 15.3 Å². The van der Waals surface area contributed by atoms with Crippen LogP contribution in [-0.4, -0.2) is 51.5 Å². The normalized spacial score (nSPS) is 22.2. The summed E-state index contributed by atoms with van der Waals surface area (Å²) >= 11 is 0. The largest absolute Gasteiger partial charge is 0.496 e. The van der Waals surface area contributed by atoms with Gasteiger partial charge in [-0.3, -0.25) is 4.79 Å². The minimum absolute atomic E-state index is 0.0266. The SMILES string of the molecule is COc1ccccc1C(=O)NCC1(c2ccccc2)CCC([C@@H](C)S(=O)(=O)NC[C@@H](C)CO)CC1. The van der Waals surface area contributed by atoms with E-state index in [9.17, 15) is 18.3 Å². The van der Waals surface area contributed by atoms with Gasteiger partial charge in [0.25, 0.3) is 5.91 Å². The van der Waals surface area contributed by atoms with Crippen LogP contribution in [0.5, 0.6) is 5.75 Å². The number of hydrogen-bond acceptors (Lipinski definition) is 5. The summed E-state index contributed by atoms with van der Waals surface area (Å²) in [6, 6.07) is 17.3. The third-order valence-corrected chi connectivity index (χ3v) is 9.34. The summed E-state index contributed by atoms with van der Waals surface area (Å²) in [5, 5.41) is 11.8. The maximum absolute atomic E-state index is 13.0. The molecule has 3 rings (SSSR count). The zero-order chi connectivity index (χ0) is 25.5. The van der Waals surface area contributed by atoms with Gasteiger partial charge in [0.1, 0.15) is 5.75 Å². The third kappa shape index (κ3) is 6.63. The lowest BCUT2D eigenvalue weighted by Gasteiger charge is -2.42. The molecule has 1 amide bonds. The number of aliphatic hydroxyl groups excluding tert-OH is 1. The second-order valence-corrected chi connectivity index (χ2v) is 11.9. The fraction of sp³-hybridized carbons (Fsp3) is 0.519. The second-order valence-electron chi connectivity index (χ2n) is 9.75. The van der Waals surface area contributed by atoms with Crippen molar-refractivity contribution in [3.63, 3.8) is 0 Å². The van der Waals surface area contributed by atoms with Gasteiger partial charge in [-0.25, -0.2) is 13.1 Å². The van der Waals surface area contributed by atoms with Gasteiger partial charge in [-0.05, 0) is 62.1 Å². The van der Waals surface area contributed by atoms with E-state index in [0.717, 1.165) is 31.2 Å². The van der Waals surface area contributed by atoms with Crippen LogP contribution in [0.25, 0.3) is 0 Å². The quantitative estimate of drug-likeness (QED) is 0.436. The molecule has 3 N–H and O–H groups in total. The molecular formula is C27H38N2O5S. The molecule has 1 saturated carbocycles. The predicted molar refractivity (Wildman–Crippen MR) is 138 cm³/mol. The van der Waals surface area contributed by atoms with E-state index in [1.165, 1.54) is 0 Å². The van der Waals surface area contributed by atoms with Crippen LogP contribution in [0.3, 0.4) is 0 Å². The minimum Gasteiger partial charge on any atom is -0.496 e. The Morgan fingerprint density at radius 2 is 1.71 bits per heavy atom. The Labute approximate surface area is 209 Å². The van der Waals surface area contributed by atoms with Crippen LogP contribution in [-0.2, 0) is 15.4 Å². The molecule has 0 spiro atoms. The first kappa shape index (κ1) is 27.2. The molecule has 1 fully saturated rings. The molecule has 2 aromatic rings. The van der Waals surface area contributed by atoms with Gasteiger partial charge in [0, 0.05) is 25.1 Å². The number of hydrogen-bond donors (Lipinski definition) is 3. The van der Waals surface area contributed by atoms with Gasteiger partial charge in [-0.2, -0.15) is 0 Å². The zero-order valence-electron chi connectivity index (χ0n) is 20.9. The Kier molecular flexibility index (Phi) is 9.33. The van der Waals surface area contributed by atoms with Crippen molar-refractivity contribution in [3.8, 4) is 5.75 Å². The van der Waals surface area contributed by atoms with Crippen LogP contribution in [0.1, 0.15) is 55.5 Å². The third-order valence-electron chi connectivity index (χ3n) is 7.41. The molecule has 0 heterocycles. The van der Waals surface area contributed by atoms with E-state index in [4.69, 9.17) is 4.74 Å². The van der Waals surface area contributed by atoms with Gasteiger partial charge in [0.05, 0.1) is 17.9 Å². The summed E-state index contributed by atoms with van der Waals surface area (Å²) in [6.07, 6.45) is 3.05.